The first-order chi connectivity index (χ1) is 8.55. The molecule has 0 radical (unpaired) electrons. The van der Waals surface area contributed by atoms with E-state index in [1.807, 2.05) is 0 Å². The van der Waals surface area contributed by atoms with Crippen LogP contribution in [0.15, 0.2) is 12.3 Å². The van der Waals surface area contributed by atoms with Crippen molar-refractivity contribution in [3.63, 3.8) is 0 Å². The molecule has 7 heteroatoms. The summed E-state index contributed by atoms with van der Waals surface area (Å²) >= 11 is 5.61. The lowest BCUT2D eigenvalue weighted by molar-refractivity contribution is 0.385. The van der Waals surface area contributed by atoms with Crippen LogP contribution >= 0.6 is 11.6 Å². The highest BCUT2D eigenvalue weighted by Gasteiger charge is 2.21. The molecule has 0 aliphatic heterocycles. The van der Waals surface area contributed by atoms with E-state index in [1.165, 1.54) is 18.7 Å². The Kier molecular flexibility index (Phi) is 4.40. The maximum absolute atomic E-state index is 12.0. The Hall–Kier alpha value is -0.880. The van der Waals surface area contributed by atoms with Crippen molar-refractivity contribution in [1.29, 1.82) is 0 Å². The van der Waals surface area contributed by atoms with Crippen LogP contribution in [-0.4, -0.2) is 24.1 Å². The monoisotopic (exact) mass is 289 g/mol. The van der Waals surface area contributed by atoms with Crippen LogP contribution in [0.2, 0.25) is 5.28 Å². The lowest BCUT2D eigenvalue weighted by Gasteiger charge is -2.21. The highest BCUT2D eigenvalue weighted by molar-refractivity contribution is 7.92. The van der Waals surface area contributed by atoms with Gasteiger partial charge in [-0.2, -0.15) is 4.98 Å². The van der Waals surface area contributed by atoms with Crippen LogP contribution in [0.3, 0.4) is 0 Å². The number of sulfonamides is 1. The molecular formula is C11H16ClN3O2S. The second-order valence-corrected chi connectivity index (χ2v) is 6.70. The van der Waals surface area contributed by atoms with E-state index in [1.54, 1.807) is 0 Å². The lowest BCUT2D eigenvalue weighted by atomic mass is 9.91. The van der Waals surface area contributed by atoms with Gasteiger partial charge in [0.1, 0.15) is 5.82 Å². The molecule has 18 heavy (non-hydrogen) atoms. The van der Waals surface area contributed by atoms with Gasteiger partial charge in [-0.3, -0.25) is 4.72 Å². The minimum atomic E-state index is -3.35. The molecule has 5 nitrogen and oxygen atoms in total. The molecule has 0 unspecified atom stereocenters. The molecule has 1 aromatic rings. The number of anilines is 1. The van der Waals surface area contributed by atoms with Gasteiger partial charge in [0, 0.05) is 6.20 Å². The van der Waals surface area contributed by atoms with E-state index in [9.17, 15) is 8.42 Å². The number of nitrogens with one attached hydrogen (secondary N) is 1. The largest absolute Gasteiger partial charge is 0.267 e. The Morgan fingerprint density at radius 2 is 2.06 bits per heavy atom. The predicted octanol–water partition coefficient (Wildman–Crippen LogP) is 2.45. The van der Waals surface area contributed by atoms with Gasteiger partial charge in [0.05, 0.1) is 5.75 Å². The van der Waals surface area contributed by atoms with Gasteiger partial charge in [-0.1, -0.05) is 19.3 Å². The third-order valence-electron chi connectivity index (χ3n) is 3.07. The Labute approximate surface area is 112 Å². The zero-order chi connectivity index (χ0) is 13.0. The third kappa shape index (κ3) is 4.10. The van der Waals surface area contributed by atoms with Crippen molar-refractivity contribution in [2.45, 2.75) is 32.1 Å². The molecule has 1 fully saturated rings. The summed E-state index contributed by atoms with van der Waals surface area (Å²) in [6, 6.07) is 1.49. The molecule has 2 rings (SSSR count). The molecule has 100 valence electrons. The van der Waals surface area contributed by atoms with Crippen LogP contribution in [0.5, 0.6) is 0 Å². The molecule has 1 saturated carbocycles. The molecule has 0 saturated heterocycles. The molecule has 0 atom stereocenters. The van der Waals surface area contributed by atoms with Crippen LogP contribution in [-0.2, 0) is 10.0 Å². The van der Waals surface area contributed by atoms with Crippen LogP contribution in [0.25, 0.3) is 0 Å². The van der Waals surface area contributed by atoms with Crippen LogP contribution < -0.4 is 4.72 Å². The Morgan fingerprint density at radius 3 is 2.72 bits per heavy atom. The zero-order valence-corrected chi connectivity index (χ0v) is 11.5. The van der Waals surface area contributed by atoms with Crippen LogP contribution in [0, 0.1) is 5.92 Å². The quantitative estimate of drug-likeness (QED) is 0.864. The van der Waals surface area contributed by atoms with Crippen molar-refractivity contribution in [3.8, 4) is 0 Å². The number of halogens is 1. The van der Waals surface area contributed by atoms with Crippen molar-refractivity contribution in [3.05, 3.63) is 17.5 Å². The minimum absolute atomic E-state index is 0.0351. The van der Waals surface area contributed by atoms with E-state index < -0.39 is 10.0 Å². The molecule has 1 aromatic heterocycles. The molecule has 0 amide bonds. The molecule has 0 bridgehead atoms. The fourth-order valence-electron chi connectivity index (χ4n) is 2.26. The fraction of sp³-hybridized carbons (Fsp3) is 0.636. The summed E-state index contributed by atoms with van der Waals surface area (Å²) in [7, 11) is -3.35. The van der Waals surface area contributed by atoms with Gasteiger partial charge in [-0.05, 0) is 36.4 Å². The van der Waals surface area contributed by atoms with Gasteiger partial charge in [-0.15, -0.1) is 0 Å². The maximum atomic E-state index is 12.0. The summed E-state index contributed by atoms with van der Waals surface area (Å²) in [6.07, 6.45) is 6.87. The first-order valence-corrected chi connectivity index (χ1v) is 8.07. The second kappa shape index (κ2) is 5.84. The normalized spacial score (nSPS) is 17.6. The van der Waals surface area contributed by atoms with Crippen molar-refractivity contribution in [2.24, 2.45) is 5.92 Å². The Morgan fingerprint density at radius 1 is 1.33 bits per heavy atom. The highest BCUT2D eigenvalue weighted by atomic mass is 35.5. The third-order valence-corrected chi connectivity index (χ3v) is 4.68. The molecule has 1 heterocycles. The summed E-state index contributed by atoms with van der Waals surface area (Å²) < 4.78 is 26.4. The average Bonchev–Trinajstić information content (AvgIpc) is 2.28. The van der Waals surface area contributed by atoms with Gasteiger partial charge in [0.15, 0.2) is 0 Å². The number of hydrogen-bond donors (Lipinski definition) is 1. The number of rotatable bonds is 4. The van der Waals surface area contributed by atoms with E-state index in [-0.39, 0.29) is 22.8 Å². The summed E-state index contributed by atoms with van der Waals surface area (Å²) in [5, 5.41) is 0.0351. The smallest absolute Gasteiger partial charge is 0.234 e. The summed E-state index contributed by atoms with van der Waals surface area (Å²) in [5.41, 5.74) is 0. The average molecular weight is 290 g/mol. The molecule has 1 aliphatic carbocycles. The maximum Gasteiger partial charge on any atom is 0.234 e. The van der Waals surface area contributed by atoms with Gasteiger partial charge in [-0.25, -0.2) is 13.4 Å². The first-order valence-electron chi connectivity index (χ1n) is 6.04. The Bertz CT molecular complexity index is 501. The topological polar surface area (TPSA) is 72.0 Å². The number of aromatic nitrogens is 2. The minimum Gasteiger partial charge on any atom is -0.267 e. The Balaban J connectivity index is 1.98. The molecule has 0 aromatic carbocycles. The second-order valence-electron chi connectivity index (χ2n) is 4.60. The van der Waals surface area contributed by atoms with Crippen LogP contribution in [0.1, 0.15) is 32.1 Å². The van der Waals surface area contributed by atoms with E-state index in [0.717, 1.165) is 25.7 Å². The standard InChI is InChI=1S/C11H16ClN3O2S/c12-11-13-7-6-10(14-11)15-18(16,17)8-9-4-2-1-3-5-9/h6-7,9H,1-5,8H2,(H,13,14,15). The van der Waals surface area contributed by atoms with Gasteiger partial charge in [0.25, 0.3) is 0 Å². The van der Waals surface area contributed by atoms with Gasteiger partial charge in [0.2, 0.25) is 15.3 Å². The van der Waals surface area contributed by atoms with E-state index in [0.29, 0.717) is 0 Å². The molecule has 0 spiro atoms. The van der Waals surface area contributed by atoms with E-state index in [4.69, 9.17) is 11.6 Å². The summed E-state index contributed by atoms with van der Waals surface area (Å²) in [6.45, 7) is 0. The first kappa shape index (κ1) is 13.5. The van der Waals surface area contributed by atoms with Gasteiger partial charge < -0.3 is 0 Å². The molecular weight excluding hydrogens is 274 g/mol. The summed E-state index contributed by atoms with van der Waals surface area (Å²) in [4.78, 5) is 7.52. The lowest BCUT2D eigenvalue weighted by Crippen LogP contribution is -2.24. The van der Waals surface area contributed by atoms with E-state index in [2.05, 4.69) is 14.7 Å². The number of hydrogen-bond acceptors (Lipinski definition) is 4. The van der Waals surface area contributed by atoms with Crippen molar-refractivity contribution >= 4 is 27.4 Å². The van der Waals surface area contributed by atoms with Gasteiger partial charge >= 0.3 is 0 Å². The SMILES string of the molecule is O=S(=O)(CC1CCCCC1)Nc1ccnc(Cl)n1. The van der Waals surface area contributed by atoms with Crippen molar-refractivity contribution < 1.29 is 8.42 Å². The van der Waals surface area contributed by atoms with Crippen molar-refractivity contribution in [1.82, 2.24) is 9.97 Å². The summed E-state index contributed by atoms with van der Waals surface area (Å²) in [5.74, 6) is 0.647. The van der Waals surface area contributed by atoms with Crippen molar-refractivity contribution in [2.75, 3.05) is 10.5 Å². The fourth-order valence-corrected chi connectivity index (χ4v) is 3.87. The van der Waals surface area contributed by atoms with E-state index >= 15 is 0 Å². The van der Waals surface area contributed by atoms with Crippen LogP contribution in [0.4, 0.5) is 5.82 Å². The zero-order valence-electron chi connectivity index (χ0n) is 9.97. The molecule has 1 N–H and O–H groups in total. The molecule has 1 aliphatic rings. The predicted molar refractivity (Wildman–Crippen MR) is 71.0 cm³/mol. The number of nitrogens with zero attached hydrogens (tertiary/aromatic N) is 2. The highest BCUT2D eigenvalue weighted by Crippen LogP contribution is 2.25.